The Labute approximate surface area is 122 Å². The van der Waals surface area contributed by atoms with Crippen LogP contribution in [0.15, 0.2) is 18.2 Å². The summed E-state index contributed by atoms with van der Waals surface area (Å²) >= 11 is 0. The van der Waals surface area contributed by atoms with Crippen molar-refractivity contribution in [2.75, 3.05) is 18.5 Å². The molecule has 0 radical (unpaired) electrons. The Morgan fingerprint density at radius 2 is 2.14 bits per heavy atom. The van der Waals surface area contributed by atoms with Crippen LogP contribution >= 0.6 is 0 Å². The van der Waals surface area contributed by atoms with E-state index in [2.05, 4.69) is 10.6 Å². The van der Waals surface area contributed by atoms with Gasteiger partial charge in [-0.25, -0.2) is 4.79 Å². The van der Waals surface area contributed by atoms with Crippen molar-refractivity contribution in [3.63, 3.8) is 0 Å². The second-order valence-electron chi connectivity index (χ2n) is 4.85. The molecule has 1 aromatic carbocycles. The summed E-state index contributed by atoms with van der Waals surface area (Å²) in [5.74, 6) is -0.873. The van der Waals surface area contributed by atoms with E-state index in [0.717, 1.165) is 17.7 Å². The second-order valence-corrected chi connectivity index (χ2v) is 4.85. The third-order valence-electron chi connectivity index (χ3n) is 3.14. The minimum Gasteiger partial charge on any atom is -0.452 e. The number of rotatable bonds is 5. The molecule has 21 heavy (non-hydrogen) atoms. The molecule has 0 unspecified atom stereocenters. The highest BCUT2D eigenvalue weighted by atomic mass is 16.5. The number of nitrogens with one attached hydrogen (secondary N) is 2. The van der Waals surface area contributed by atoms with Gasteiger partial charge in [0.05, 0.1) is 5.56 Å². The Balaban J connectivity index is 1.94. The molecule has 6 heteroatoms. The molecule has 2 rings (SSSR count). The average Bonchev–Trinajstić information content (AvgIpc) is 2.49. The number of fused-ring (bicyclic) bond motifs is 1. The highest BCUT2D eigenvalue weighted by Crippen LogP contribution is 2.23. The Hall–Kier alpha value is -2.37. The lowest BCUT2D eigenvalue weighted by molar-refractivity contribution is -0.124. The third kappa shape index (κ3) is 4.05. The molecule has 6 nitrogen and oxygen atoms in total. The van der Waals surface area contributed by atoms with E-state index in [1.54, 1.807) is 18.2 Å². The first-order valence-electron chi connectivity index (χ1n) is 6.96. The Morgan fingerprint density at radius 3 is 2.90 bits per heavy atom. The molecule has 0 aromatic heterocycles. The van der Waals surface area contributed by atoms with Crippen LogP contribution in [0.5, 0.6) is 0 Å². The van der Waals surface area contributed by atoms with E-state index in [0.29, 0.717) is 24.9 Å². The van der Waals surface area contributed by atoms with Crippen LogP contribution < -0.4 is 10.6 Å². The largest absolute Gasteiger partial charge is 0.452 e. The molecule has 1 heterocycles. The Morgan fingerprint density at radius 1 is 1.33 bits per heavy atom. The number of benzene rings is 1. The molecule has 0 fully saturated rings. The van der Waals surface area contributed by atoms with E-state index in [-0.39, 0.29) is 18.4 Å². The van der Waals surface area contributed by atoms with Crippen LogP contribution in [-0.4, -0.2) is 30.9 Å². The zero-order valence-corrected chi connectivity index (χ0v) is 11.9. The van der Waals surface area contributed by atoms with Gasteiger partial charge in [-0.3, -0.25) is 9.59 Å². The summed E-state index contributed by atoms with van der Waals surface area (Å²) in [5.41, 5.74) is 2.01. The van der Waals surface area contributed by atoms with Gasteiger partial charge >= 0.3 is 5.97 Å². The van der Waals surface area contributed by atoms with Crippen LogP contribution in [-0.2, 0) is 20.7 Å². The first-order valence-corrected chi connectivity index (χ1v) is 6.96. The van der Waals surface area contributed by atoms with Crippen LogP contribution in [0.4, 0.5) is 5.69 Å². The van der Waals surface area contributed by atoms with Crippen LogP contribution in [0.1, 0.15) is 35.7 Å². The van der Waals surface area contributed by atoms with E-state index in [4.69, 9.17) is 4.74 Å². The number of anilines is 1. The quantitative estimate of drug-likeness (QED) is 0.799. The molecule has 0 atom stereocenters. The summed E-state index contributed by atoms with van der Waals surface area (Å²) in [4.78, 5) is 34.5. The van der Waals surface area contributed by atoms with Gasteiger partial charge in [0.25, 0.3) is 5.91 Å². The smallest absolute Gasteiger partial charge is 0.338 e. The van der Waals surface area contributed by atoms with Crippen molar-refractivity contribution >= 4 is 23.5 Å². The van der Waals surface area contributed by atoms with Crippen LogP contribution in [0, 0.1) is 0 Å². The zero-order valence-electron chi connectivity index (χ0n) is 11.9. The minimum atomic E-state index is -0.540. The van der Waals surface area contributed by atoms with Gasteiger partial charge in [0.15, 0.2) is 6.61 Å². The minimum absolute atomic E-state index is 0.0228. The summed E-state index contributed by atoms with van der Waals surface area (Å²) in [6.07, 6.45) is 1.83. The molecular formula is C15H18N2O4. The second kappa shape index (κ2) is 6.88. The maximum absolute atomic E-state index is 11.9. The Kier molecular flexibility index (Phi) is 4.92. The standard InChI is InChI=1S/C15H18N2O4/c1-2-7-16-14(19)9-21-15(20)11-3-5-12-10(8-11)4-6-13(18)17-12/h3,5,8H,2,4,6-7,9H2,1H3,(H,16,19)(H,17,18). The van der Waals surface area contributed by atoms with E-state index in [9.17, 15) is 14.4 Å². The third-order valence-corrected chi connectivity index (χ3v) is 3.14. The number of aryl methyl sites for hydroxylation is 1. The number of carbonyl (C=O) groups is 3. The maximum Gasteiger partial charge on any atom is 0.338 e. The predicted molar refractivity (Wildman–Crippen MR) is 77.0 cm³/mol. The van der Waals surface area contributed by atoms with Gasteiger partial charge in [0.1, 0.15) is 0 Å². The number of hydrogen-bond acceptors (Lipinski definition) is 4. The number of amides is 2. The first-order chi connectivity index (χ1) is 10.1. The normalized spacial score (nSPS) is 13.1. The molecule has 0 saturated heterocycles. The highest BCUT2D eigenvalue weighted by Gasteiger charge is 2.17. The van der Waals surface area contributed by atoms with Crippen molar-refractivity contribution in [3.05, 3.63) is 29.3 Å². The molecule has 0 saturated carbocycles. The van der Waals surface area contributed by atoms with Gasteiger partial charge < -0.3 is 15.4 Å². The van der Waals surface area contributed by atoms with Crippen LogP contribution in [0.3, 0.4) is 0 Å². The van der Waals surface area contributed by atoms with Gasteiger partial charge in [-0.2, -0.15) is 0 Å². The molecule has 2 amide bonds. The summed E-state index contributed by atoms with van der Waals surface area (Å²) in [6, 6.07) is 4.96. The van der Waals surface area contributed by atoms with Crippen molar-refractivity contribution in [2.45, 2.75) is 26.2 Å². The molecule has 2 N–H and O–H groups in total. The summed E-state index contributed by atoms with van der Waals surface area (Å²) in [5, 5.41) is 5.37. The molecule has 0 spiro atoms. The number of hydrogen-bond donors (Lipinski definition) is 2. The molecule has 112 valence electrons. The fourth-order valence-electron chi connectivity index (χ4n) is 2.04. The van der Waals surface area contributed by atoms with Gasteiger partial charge in [-0.1, -0.05) is 6.92 Å². The van der Waals surface area contributed by atoms with Crippen molar-refractivity contribution in [2.24, 2.45) is 0 Å². The fraction of sp³-hybridized carbons (Fsp3) is 0.400. The van der Waals surface area contributed by atoms with Crippen molar-refractivity contribution in [1.29, 1.82) is 0 Å². The average molecular weight is 290 g/mol. The predicted octanol–water partition coefficient (Wildman–Crippen LogP) is 1.25. The van der Waals surface area contributed by atoms with E-state index in [1.807, 2.05) is 6.92 Å². The lowest BCUT2D eigenvalue weighted by Gasteiger charge is -2.17. The summed E-state index contributed by atoms with van der Waals surface area (Å²) in [7, 11) is 0. The zero-order chi connectivity index (χ0) is 15.2. The van der Waals surface area contributed by atoms with E-state index in [1.165, 1.54) is 0 Å². The van der Waals surface area contributed by atoms with Crippen molar-refractivity contribution in [1.82, 2.24) is 5.32 Å². The maximum atomic E-state index is 11.9. The fourth-order valence-corrected chi connectivity index (χ4v) is 2.04. The lowest BCUT2D eigenvalue weighted by atomic mass is 10.0. The van der Waals surface area contributed by atoms with Gasteiger partial charge in [-0.15, -0.1) is 0 Å². The summed E-state index contributed by atoms with van der Waals surface area (Å²) in [6.45, 7) is 2.22. The van der Waals surface area contributed by atoms with Crippen molar-refractivity contribution in [3.8, 4) is 0 Å². The highest BCUT2D eigenvalue weighted by molar-refractivity contribution is 5.96. The Bertz CT molecular complexity index is 569. The summed E-state index contributed by atoms with van der Waals surface area (Å²) < 4.78 is 4.96. The molecular weight excluding hydrogens is 272 g/mol. The van der Waals surface area contributed by atoms with Crippen LogP contribution in [0.2, 0.25) is 0 Å². The van der Waals surface area contributed by atoms with Gasteiger partial charge in [0.2, 0.25) is 5.91 Å². The SMILES string of the molecule is CCCNC(=O)COC(=O)c1ccc2c(c1)CCC(=O)N2. The first kappa shape index (κ1) is 15.0. The monoisotopic (exact) mass is 290 g/mol. The van der Waals surface area contributed by atoms with Gasteiger partial charge in [-0.05, 0) is 36.6 Å². The van der Waals surface area contributed by atoms with Gasteiger partial charge in [0, 0.05) is 18.7 Å². The molecule has 1 aromatic rings. The number of carbonyl (C=O) groups excluding carboxylic acids is 3. The number of esters is 1. The molecule has 1 aliphatic heterocycles. The molecule has 0 aliphatic carbocycles. The molecule has 1 aliphatic rings. The topological polar surface area (TPSA) is 84.5 Å². The van der Waals surface area contributed by atoms with E-state index >= 15 is 0 Å². The number of ether oxygens (including phenoxy) is 1. The van der Waals surface area contributed by atoms with Crippen LogP contribution in [0.25, 0.3) is 0 Å². The van der Waals surface area contributed by atoms with E-state index < -0.39 is 5.97 Å². The molecule has 0 bridgehead atoms. The lowest BCUT2D eigenvalue weighted by Crippen LogP contribution is -2.29. The van der Waals surface area contributed by atoms with Crippen molar-refractivity contribution < 1.29 is 19.1 Å².